The lowest BCUT2D eigenvalue weighted by Crippen LogP contribution is -2.15. The average molecular weight is 193 g/mol. The maximum absolute atomic E-state index is 11.3. The molecule has 0 bridgehead atoms. The Labute approximate surface area is 83.3 Å². The van der Waals surface area contributed by atoms with E-state index in [1.54, 1.807) is 30.3 Å². The predicted octanol–water partition coefficient (Wildman–Crippen LogP) is 2.40. The van der Waals surface area contributed by atoms with Crippen LogP contribution in [0.1, 0.15) is 30.1 Å². The van der Waals surface area contributed by atoms with Gasteiger partial charge in [0, 0.05) is 6.42 Å². The minimum atomic E-state index is -1.24. The first-order valence-electron chi connectivity index (χ1n) is 4.66. The van der Waals surface area contributed by atoms with Crippen LogP contribution in [0.2, 0.25) is 0 Å². The van der Waals surface area contributed by atoms with Crippen LogP contribution < -0.4 is 0 Å². The van der Waals surface area contributed by atoms with Crippen molar-refractivity contribution in [2.24, 2.45) is 0 Å². The molecule has 3 heteroatoms. The SMILES string of the molecule is CCCC([O])OC(=O)c1ccccc1. The van der Waals surface area contributed by atoms with Crippen LogP contribution in [0.15, 0.2) is 30.3 Å². The molecule has 14 heavy (non-hydrogen) atoms. The van der Waals surface area contributed by atoms with Gasteiger partial charge in [-0.25, -0.2) is 4.79 Å². The zero-order valence-electron chi connectivity index (χ0n) is 8.10. The van der Waals surface area contributed by atoms with Crippen molar-refractivity contribution in [2.45, 2.75) is 26.1 Å². The molecule has 1 aromatic carbocycles. The van der Waals surface area contributed by atoms with Crippen molar-refractivity contribution >= 4 is 5.97 Å². The first-order valence-corrected chi connectivity index (χ1v) is 4.66. The fourth-order valence-electron chi connectivity index (χ4n) is 1.06. The van der Waals surface area contributed by atoms with Crippen molar-refractivity contribution in [2.75, 3.05) is 0 Å². The summed E-state index contributed by atoms with van der Waals surface area (Å²) in [7, 11) is 0. The van der Waals surface area contributed by atoms with Crippen molar-refractivity contribution in [3.05, 3.63) is 35.9 Å². The zero-order valence-corrected chi connectivity index (χ0v) is 8.10. The van der Waals surface area contributed by atoms with Crippen molar-refractivity contribution in [3.8, 4) is 0 Å². The number of rotatable bonds is 4. The highest BCUT2D eigenvalue weighted by Gasteiger charge is 2.12. The minimum Gasteiger partial charge on any atom is -0.429 e. The molecule has 0 aliphatic carbocycles. The Morgan fingerprint density at radius 2 is 2.00 bits per heavy atom. The second-order valence-corrected chi connectivity index (χ2v) is 2.99. The van der Waals surface area contributed by atoms with Crippen molar-refractivity contribution in [1.82, 2.24) is 0 Å². The molecule has 1 aromatic rings. The molecule has 0 aromatic heterocycles. The molecule has 0 saturated carbocycles. The lowest BCUT2D eigenvalue weighted by molar-refractivity contribution is -0.108. The lowest BCUT2D eigenvalue weighted by Gasteiger charge is -2.08. The van der Waals surface area contributed by atoms with Crippen molar-refractivity contribution in [1.29, 1.82) is 0 Å². The van der Waals surface area contributed by atoms with E-state index >= 15 is 0 Å². The van der Waals surface area contributed by atoms with Crippen molar-refractivity contribution < 1.29 is 14.6 Å². The predicted molar refractivity (Wildman–Crippen MR) is 51.2 cm³/mol. The Kier molecular flexibility index (Phi) is 4.13. The van der Waals surface area contributed by atoms with Crippen LogP contribution in [0.4, 0.5) is 0 Å². The van der Waals surface area contributed by atoms with Crippen LogP contribution in [0.5, 0.6) is 0 Å². The monoisotopic (exact) mass is 193 g/mol. The standard InChI is InChI=1S/C11H13O3/c1-2-6-10(12)14-11(13)9-7-4-3-5-8-9/h3-5,7-8,10H,2,6H2,1H3. The molecule has 0 N–H and O–H groups in total. The average Bonchev–Trinajstić information content (AvgIpc) is 2.19. The quantitative estimate of drug-likeness (QED) is 0.544. The summed E-state index contributed by atoms with van der Waals surface area (Å²) in [6.07, 6.45) is -0.165. The van der Waals surface area contributed by atoms with Gasteiger partial charge in [-0.1, -0.05) is 31.5 Å². The normalized spacial score (nSPS) is 12.1. The Morgan fingerprint density at radius 1 is 1.36 bits per heavy atom. The molecular weight excluding hydrogens is 180 g/mol. The summed E-state index contributed by atoms with van der Waals surface area (Å²) in [6.45, 7) is 1.88. The van der Waals surface area contributed by atoms with Gasteiger partial charge in [0.15, 0.2) is 0 Å². The van der Waals surface area contributed by atoms with Gasteiger partial charge in [-0.15, -0.1) is 0 Å². The summed E-state index contributed by atoms with van der Waals surface area (Å²) >= 11 is 0. The highest BCUT2D eigenvalue weighted by Crippen LogP contribution is 2.05. The number of hydrogen-bond donors (Lipinski definition) is 0. The van der Waals surface area contributed by atoms with Gasteiger partial charge in [0.1, 0.15) is 0 Å². The van der Waals surface area contributed by atoms with Crippen LogP contribution in [-0.4, -0.2) is 12.3 Å². The van der Waals surface area contributed by atoms with Gasteiger partial charge >= 0.3 is 5.97 Å². The smallest absolute Gasteiger partial charge is 0.340 e. The number of ether oxygens (including phenoxy) is 1. The highest BCUT2D eigenvalue weighted by atomic mass is 16.6. The summed E-state index contributed by atoms with van der Waals surface area (Å²) in [6, 6.07) is 8.52. The molecule has 1 radical (unpaired) electrons. The number of esters is 1. The fourth-order valence-corrected chi connectivity index (χ4v) is 1.06. The third-order valence-electron chi connectivity index (χ3n) is 1.77. The van der Waals surface area contributed by atoms with Crippen LogP contribution in [0.3, 0.4) is 0 Å². The second kappa shape index (κ2) is 5.40. The molecule has 1 unspecified atom stereocenters. The number of carbonyl (C=O) groups is 1. The summed E-state index contributed by atoms with van der Waals surface area (Å²) in [5.74, 6) is -0.543. The first-order chi connectivity index (χ1) is 6.74. The molecule has 0 fully saturated rings. The third-order valence-corrected chi connectivity index (χ3v) is 1.77. The van der Waals surface area contributed by atoms with E-state index in [2.05, 4.69) is 4.74 Å². The summed E-state index contributed by atoms with van der Waals surface area (Å²) in [4.78, 5) is 11.3. The zero-order chi connectivity index (χ0) is 10.4. The molecule has 0 aliphatic rings. The van der Waals surface area contributed by atoms with Gasteiger partial charge in [-0.3, -0.25) is 0 Å². The highest BCUT2D eigenvalue weighted by molar-refractivity contribution is 5.89. The van der Waals surface area contributed by atoms with E-state index in [1.165, 1.54) is 0 Å². The largest absolute Gasteiger partial charge is 0.429 e. The van der Waals surface area contributed by atoms with E-state index in [4.69, 9.17) is 0 Å². The van der Waals surface area contributed by atoms with Crippen LogP contribution in [0.25, 0.3) is 0 Å². The molecule has 0 spiro atoms. The lowest BCUT2D eigenvalue weighted by atomic mass is 10.2. The maximum Gasteiger partial charge on any atom is 0.340 e. The molecule has 0 amide bonds. The first kappa shape index (κ1) is 10.7. The Balaban J connectivity index is 2.51. The molecule has 3 nitrogen and oxygen atoms in total. The van der Waals surface area contributed by atoms with Gasteiger partial charge in [0.05, 0.1) is 5.56 Å². The van der Waals surface area contributed by atoms with Crippen LogP contribution >= 0.6 is 0 Å². The van der Waals surface area contributed by atoms with Gasteiger partial charge in [-0.05, 0) is 12.1 Å². The van der Waals surface area contributed by atoms with Gasteiger partial charge in [0.25, 0.3) is 0 Å². The summed E-state index contributed by atoms with van der Waals surface area (Å²) < 4.78 is 4.68. The van der Waals surface area contributed by atoms with Gasteiger partial charge < -0.3 is 4.74 Å². The van der Waals surface area contributed by atoms with E-state index in [0.29, 0.717) is 12.0 Å². The molecule has 0 heterocycles. The number of hydrogen-bond acceptors (Lipinski definition) is 2. The molecule has 1 rings (SSSR count). The summed E-state index contributed by atoms with van der Waals surface area (Å²) in [5, 5.41) is 11.1. The Morgan fingerprint density at radius 3 is 2.57 bits per heavy atom. The minimum absolute atomic E-state index is 0.360. The molecular formula is C11H13O3. The van der Waals surface area contributed by atoms with Crippen LogP contribution in [0, 0.1) is 0 Å². The molecule has 0 aliphatic heterocycles. The number of benzene rings is 1. The van der Waals surface area contributed by atoms with E-state index in [9.17, 15) is 9.90 Å². The second-order valence-electron chi connectivity index (χ2n) is 2.99. The maximum atomic E-state index is 11.3. The number of carbonyl (C=O) groups excluding carboxylic acids is 1. The van der Waals surface area contributed by atoms with E-state index in [1.807, 2.05) is 6.92 Å². The third kappa shape index (κ3) is 3.18. The Bertz CT molecular complexity index is 282. The van der Waals surface area contributed by atoms with E-state index < -0.39 is 12.3 Å². The van der Waals surface area contributed by atoms with Crippen molar-refractivity contribution in [3.63, 3.8) is 0 Å². The summed E-state index contributed by atoms with van der Waals surface area (Å²) in [5.41, 5.74) is 0.421. The fraction of sp³-hybridized carbons (Fsp3) is 0.364. The molecule has 75 valence electrons. The topological polar surface area (TPSA) is 46.2 Å². The van der Waals surface area contributed by atoms with Crippen LogP contribution in [-0.2, 0) is 9.84 Å². The Hall–Kier alpha value is -1.35. The van der Waals surface area contributed by atoms with Gasteiger partial charge in [-0.2, -0.15) is 5.11 Å². The van der Waals surface area contributed by atoms with Gasteiger partial charge in [0.2, 0.25) is 6.29 Å². The van der Waals surface area contributed by atoms with E-state index in [0.717, 1.165) is 6.42 Å². The molecule has 0 saturated heterocycles. The molecule has 1 atom stereocenters. The van der Waals surface area contributed by atoms with E-state index in [-0.39, 0.29) is 0 Å².